The van der Waals surface area contributed by atoms with Crippen LogP contribution < -0.4 is 0 Å². The van der Waals surface area contributed by atoms with E-state index in [4.69, 9.17) is 0 Å². The van der Waals surface area contributed by atoms with Gasteiger partial charge in [-0.1, -0.05) is 18.2 Å². The van der Waals surface area contributed by atoms with Gasteiger partial charge in [0.25, 0.3) is 10.0 Å². The molecule has 0 N–H and O–H groups in total. The van der Waals surface area contributed by atoms with Gasteiger partial charge in [-0.05, 0) is 49.9 Å². The lowest BCUT2D eigenvalue weighted by atomic mass is 10.0. The van der Waals surface area contributed by atoms with E-state index in [1.54, 1.807) is 30.3 Å². The standard InChI is InChI=1S/C21H18N2O4S/c24-19(13-8-9-13)17-16-7-4-12-22-21(16)23(18(17)20(25)14-10-11-14)28(26,27)15-5-2-1-3-6-15/h1-7,12-14H,8-11H2. The number of aromatic nitrogens is 2. The summed E-state index contributed by atoms with van der Waals surface area (Å²) in [6.45, 7) is 0. The molecule has 0 aliphatic heterocycles. The normalized spacial score (nSPS) is 17.0. The molecule has 6 nitrogen and oxygen atoms in total. The summed E-state index contributed by atoms with van der Waals surface area (Å²) in [4.78, 5) is 30.6. The molecule has 1 aromatic carbocycles. The minimum Gasteiger partial charge on any atom is -0.294 e. The number of carbonyl (C=O) groups is 2. The highest BCUT2D eigenvalue weighted by Crippen LogP contribution is 2.41. The smallest absolute Gasteiger partial charge is 0.270 e. The maximum Gasteiger partial charge on any atom is 0.270 e. The van der Waals surface area contributed by atoms with Crippen LogP contribution in [0.2, 0.25) is 0 Å². The van der Waals surface area contributed by atoms with E-state index in [1.807, 2.05) is 0 Å². The molecule has 2 aromatic heterocycles. The van der Waals surface area contributed by atoms with Gasteiger partial charge in [0.2, 0.25) is 0 Å². The van der Waals surface area contributed by atoms with Crippen molar-refractivity contribution < 1.29 is 18.0 Å². The first-order valence-electron chi connectivity index (χ1n) is 9.38. The molecule has 0 atom stereocenters. The Morgan fingerprint density at radius 1 is 0.893 bits per heavy atom. The highest BCUT2D eigenvalue weighted by atomic mass is 32.2. The van der Waals surface area contributed by atoms with Crippen molar-refractivity contribution >= 4 is 32.6 Å². The largest absolute Gasteiger partial charge is 0.294 e. The minimum absolute atomic E-state index is 0.0167. The van der Waals surface area contributed by atoms with Gasteiger partial charge in [0, 0.05) is 23.4 Å². The van der Waals surface area contributed by atoms with Crippen molar-refractivity contribution in [2.24, 2.45) is 11.8 Å². The number of rotatable bonds is 6. The molecule has 2 fully saturated rings. The fourth-order valence-corrected chi connectivity index (χ4v) is 5.09. The Hall–Kier alpha value is -2.80. The summed E-state index contributed by atoms with van der Waals surface area (Å²) in [5, 5.41) is 0.433. The number of ketones is 2. The zero-order valence-electron chi connectivity index (χ0n) is 15.0. The first-order valence-corrected chi connectivity index (χ1v) is 10.8. The maximum atomic E-state index is 13.5. The summed E-state index contributed by atoms with van der Waals surface area (Å²) < 4.78 is 28.0. The molecule has 0 saturated heterocycles. The topological polar surface area (TPSA) is 86.1 Å². The van der Waals surface area contributed by atoms with Gasteiger partial charge in [-0.2, -0.15) is 0 Å². The lowest BCUT2D eigenvalue weighted by Crippen LogP contribution is -2.22. The van der Waals surface area contributed by atoms with E-state index in [0.29, 0.717) is 5.39 Å². The van der Waals surface area contributed by atoms with Crippen molar-refractivity contribution in [3.05, 3.63) is 59.9 Å². The number of hydrogen-bond donors (Lipinski definition) is 0. The van der Waals surface area contributed by atoms with Crippen molar-refractivity contribution in [1.29, 1.82) is 0 Å². The maximum absolute atomic E-state index is 13.5. The molecule has 0 radical (unpaired) electrons. The van der Waals surface area contributed by atoms with Gasteiger partial charge in [-0.3, -0.25) is 9.59 Å². The summed E-state index contributed by atoms with van der Waals surface area (Å²) in [5.74, 6) is -0.783. The summed E-state index contributed by atoms with van der Waals surface area (Å²) in [6, 6.07) is 11.3. The number of pyridine rings is 1. The monoisotopic (exact) mass is 394 g/mol. The van der Waals surface area contributed by atoms with Crippen molar-refractivity contribution in [3.63, 3.8) is 0 Å². The number of carbonyl (C=O) groups excluding carboxylic acids is 2. The summed E-state index contributed by atoms with van der Waals surface area (Å²) in [7, 11) is -4.08. The molecule has 0 amide bonds. The fraction of sp³-hybridized carbons (Fsp3) is 0.286. The van der Waals surface area contributed by atoms with Crippen molar-refractivity contribution in [3.8, 4) is 0 Å². The summed E-state index contributed by atoms with van der Waals surface area (Å²) >= 11 is 0. The van der Waals surface area contributed by atoms with Crippen molar-refractivity contribution in [2.75, 3.05) is 0 Å². The molecule has 0 unspecified atom stereocenters. The van der Waals surface area contributed by atoms with Crippen LogP contribution in [0.15, 0.2) is 53.6 Å². The fourth-order valence-electron chi connectivity index (χ4n) is 3.58. The highest BCUT2D eigenvalue weighted by molar-refractivity contribution is 7.90. The first kappa shape index (κ1) is 17.3. The Balaban J connectivity index is 1.87. The zero-order chi connectivity index (χ0) is 19.5. The van der Waals surface area contributed by atoms with Gasteiger partial charge in [-0.15, -0.1) is 0 Å². The van der Waals surface area contributed by atoms with Crippen LogP contribution >= 0.6 is 0 Å². The van der Waals surface area contributed by atoms with E-state index >= 15 is 0 Å². The molecule has 142 valence electrons. The lowest BCUT2D eigenvalue weighted by molar-refractivity contribution is 0.0932. The van der Waals surface area contributed by atoms with Gasteiger partial charge in [-0.25, -0.2) is 17.4 Å². The highest BCUT2D eigenvalue weighted by Gasteiger charge is 2.42. The predicted octanol–water partition coefficient (Wildman–Crippen LogP) is 3.46. The third kappa shape index (κ3) is 2.61. The molecule has 2 aliphatic carbocycles. The number of fused-ring (bicyclic) bond motifs is 1. The first-order chi connectivity index (χ1) is 13.5. The van der Waals surface area contributed by atoms with E-state index in [0.717, 1.165) is 29.7 Å². The second kappa shape index (κ2) is 6.10. The van der Waals surface area contributed by atoms with E-state index in [-0.39, 0.29) is 45.2 Å². The van der Waals surface area contributed by atoms with Crippen LogP contribution in [0.1, 0.15) is 46.5 Å². The van der Waals surface area contributed by atoms with E-state index < -0.39 is 10.0 Å². The second-order valence-corrected chi connectivity index (χ2v) is 9.24. The van der Waals surface area contributed by atoms with Crippen LogP contribution in [-0.4, -0.2) is 28.9 Å². The van der Waals surface area contributed by atoms with E-state index in [1.165, 1.54) is 18.3 Å². The van der Waals surface area contributed by atoms with Gasteiger partial charge < -0.3 is 0 Å². The molecular formula is C21H18N2O4S. The molecule has 5 rings (SSSR count). The third-order valence-corrected chi connectivity index (χ3v) is 7.05. The SMILES string of the molecule is O=C(c1c(C(=O)C2CC2)n(S(=O)(=O)c2ccccc2)c2ncccc12)C1CC1. The molecule has 2 aliphatic rings. The van der Waals surface area contributed by atoms with Crippen LogP contribution in [0, 0.1) is 11.8 Å². The molecule has 0 bridgehead atoms. The Morgan fingerprint density at radius 2 is 1.54 bits per heavy atom. The van der Waals surface area contributed by atoms with Crippen molar-refractivity contribution in [2.45, 2.75) is 30.6 Å². The Kier molecular flexibility index (Phi) is 3.77. The van der Waals surface area contributed by atoms with Gasteiger partial charge in [0.05, 0.1) is 10.5 Å². The Morgan fingerprint density at radius 3 is 2.18 bits per heavy atom. The lowest BCUT2D eigenvalue weighted by Gasteiger charge is -2.11. The molecule has 2 saturated carbocycles. The number of benzene rings is 1. The van der Waals surface area contributed by atoms with Crippen LogP contribution in [0.3, 0.4) is 0 Å². The predicted molar refractivity (Wildman–Crippen MR) is 103 cm³/mol. The van der Waals surface area contributed by atoms with E-state index in [9.17, 15) is 18.0 Å². The number of hydrogen-bond acceptors (Lipinski definition) is 5. The molecule has 28 heavy (non-hydrogen) atoms. The van der Waals surface area contributed by atoms with Gasteiger partial charge in [0.15, 0.2) is 17.2 Å². The van der Waals surface area contributed by atoms with E-state index in [2.05, 4.69) is 4.98 Å². The number of nitrogens with zero attached hydrogens (tertiary/aromatic N) is 2. The van der Waals surface area contributed by atoms with Gasteiger partial charge in [0.1, 0.15) is 5.69 Å². The molecule has 7 heteroatoms. The molecule has 2 heterocycles. The number of Topliss-reactive ketones (excluding diaryl/α,β-unsaturated/α-hetero) is 2. The molecule has 0 spiro atoms. The minimum atomic E-state index is -4.08. The third-order valence-electron chi connectivity index (χ3n) is 5.35. The van der Waals surface area contributed by atoms with Crippen LogP contribution in [0.25, 0.3) is 11.0 Å². The average Bonchev–Trinajstić information content (AvgIpc) is 3.61. The summed E-state index contributed by atoms with van der Waals surface area (Å²) in [6.07, 6.45) is 4.46. The van der Waals surface area contributed by atoms with Crippen LogP contribution in [0.5, 0.6) is 0 Å². The van der Waals surface area contributed by atoms with Gasteiger partial charge >= 0.3 is 0 Å². The molecule has 3 aromatic rings. The van der Waals surface area contributed by atoms with Crippen LogP contribution in [-0.2, 0) is 10.0 Å². The quantitative estimate of drug-likeness (QED) is 0.598. The second-order valence-electron chi connectivity index (χ2n) is 7.46. The Labute approximate surface area is 162 Å². The average molecular weight is 394 g/mol. The molecular weight excluding hydrogens is 376 g/mol. The van der Waals surface area contributed by atoms with Crippen molar-refractivity contribution in [1.82, 2.24) is 8.96 Å². The summed E-state index contributed by atoms with van der Waals surface area (Å²) in [5.41, 5.74) is 0.346. The zero-order valence-corrected chi connectivity index (χ0v) is 15.9. The van der Waals surface area contributed by atoms with Crippen LogP contribution in [0.4, 0.5) is 0 Å². The Bertz CT molecular complexity index is 1220.